The van der Waals surface area contributed by atoms with Gasteiger partial charge in [0.2, 0.25) is 0 Å². The minimum Gasteiger partial charge on any atom is -0.493 e. The van der Waals surface area contributed by atoms with Gasteiger partial charge in [0.05, 0.1) is 17.3 Å². The second kappa shape index (κ2) is 8.28. The highest BCUT2D eigenvalue weighted by Crippen LogP contribution is 2.37. The Bertz CT molecular complexity index is 925. The van der Waals surface area contributed by atoms with E-state index in [0.717, 1.165) is 5.69 Å². The average Bonchev–Trinajstić information content (AvgIpc) is 2.64. The summed E-state index contributed by atoms with van der Waals surface area (Å²) in [7, 11) is 1.50. The molecule has 0 saturated carbocycles. The number of nitrogens with one attached hydrogen (secondary N) is 2. The summed E-state index contributed by atoms with van der Waals surface area (Å²) in [6.45, 7) is 0.262. The van der Waals surface area contributed by atoms with Crippen LogP contribution in [0.15, 0.2) is 46.6 Å². The van der Waals surface area contributed by atoms with E-state index in [4.69, 9.17) is 21.7 Å². The van der Waals surface area contributed by atoms with Gasteiger partial charge in [-0.1, -0.05) is 6.07 Å². The number of rotatable bonds is 5. The molecule has 1 saturated heterocycles. The van der Waals surface area contributed by atoms with Gasteiger partial charge in [-0.2, -0.15) is 0 Å². The number of ether oxygens (including phenoxy) is 2. The second-order valence-electron chi connectivity index (χ2n) is 5.44. The number of halogens is 1. The molecule has 2 heterocycles. The molecule has 27 heavy (non-hydrogen) atoms. The third kappa shape index (κ3) is 4.50. The fraction of sp³-hybridized carbons (Fsp3) is 0.111. The molecule has 2 amide bonds. The smallest absolute Gasteiger partial charge is 0.263 e. The molecule has 7 nitrogen and oxygen atoms in total. The van der Waals surface area contributed by atoms with Crippen LogP contribution in [0.1, 0.15) is 11.3 Å². The average molecular weight is 448 g/mol. The predicted molar refractivity (Wildman–Crippen MR) is 106 cm³/mol. The lowest BCUT2D eigenvalue weighted by molar-refractivity contribution is -0.123. The van der Waals surface area contributed by atoms with Crippen molar-refractivity contribution in [3.05, 3.63) is 57.8 Å². The van der Waals surface area contributed by atoms with Crippen molar-refractivity contribution >= 4 is 51.2 Å². The number of hydrogen-bond donors (Lipinski definition) is 2. The van der Waals surface area contributed by atoms with Gasteiger partial charge in [0.1, 0.15) is 12.2 Å². The van der Waals surface area contributed by atoms with Crippen LogP contribution in [0, 0.1) is 0 Å². The van der Waals surface area contributed by atoms with E-state index < -0.39 is 11.8 Å². The maximum atomic E-state index is 12.0. The SMILES string of the molecule is COc1cc(C=C2C(=O)NC(=S)NC2=O)cc(Br)c1OCc1ccccn1. The number of amides is 2. The van der Waals surface area contributed by atoms with Crippen LogP contribution in [0.25, 0.3) is 6.08 Å². The van der Waals surface area contributed by atoms with Crippen molar-refractivity contribution in [2.75, 3.05) is 7.11 Å². The van der Waals surface area contributed by atoms with Crippen molar-refractivity contribution < 1.29 is 19.1 Å². The molecule has 1 aromatic carbocycles. The molecular weight excluding hydrogens is 434 g/mol. The van der Waals surface area contributed by atoms with Gasteiger partial charge in [-0.3, -0.25) is 25.2 Å². The van der Waals surface area contributed by atoms with Gasteiger partial charge >= 0.3 is 0 Å². The zero-order valence-electron chi connectivity index (χ0n) is 14.1. The summed E-state index contributed by atoms with van der Waals surface area (Å²) in [6.07, 6.45) is 3.13. The lowest BCUT2D eigenvalue weighted by atomic mass is 10.1. The summed E-state index contributed by atoms with van der Waals surface area (Å²) in [4.78, 5) is 28.2. The molecule has 1 aliphatic rings. The molecule has 9 heteroatoms. The van der Waals surface area contributed by atoms with Gasteiger partial charge in [0, 0.05) is 6.20 Å². The molecule has 2 aromatic rings. The van der Waals surface area contributed by atoms with E-state index >= 15 is 0 Å². The first-order chi connectivity index (χ1) is 13.0. The number of thiocarbonyl (C=S) groups is 1. The van der Waals surface area contributed by atoms with Crippen LogP contribution in [0.5, 0.6) is 11.5 Å². The Morgan fingerprint density at radius 2 is 1.96 bits per heavy atom. The monoisotopic (exact) mass is 447 g/mol. The summed E-state index contributed by atoms with van der Waals surface area (Å²) in [5.41, 5.74) is 1.29. The van der Waals surface area contributed by atoms with Crippen LogP contribution >= 0.6 is 28.1 Å². The van der Waals surface area contributed by atoms with Crippen molar-refractivity contribution in [2.24, 2.45) is 0 Å². The molecule has 0 radical (unpaired) electrons. The van der Waals surface area contributed by atoms with Gasteiger partial charge in [0.15, 0.2) is 16.6 Å². The normalized spacial score (nSPS) is 13.7. The number of carbonyl (C=O) groups excluding carboxylic acids is 2. The lowest BCUT2D eigenvalue weighted by Gasteiger charge is -2.17. The van der Waals surface area contributed by atoms with Crippen molar-refractivity contribution in [1.29, 1.82) is 0 Å². The van der Waals surface area contributed by atoms with Crippen molar-refractivity contribution in [3.8, 4) is 11.5 Å². The third-order valence-electron chi connectivity index (χ3n) is 3.60. The highest BCUT2D eigenvalue weighted by Gasteiger charge is 2.26. The third-order valence-corrected chi connectivity index (χ3v) is 4.39. The quantitative estimate of drug-likeness (QED) is 0.415. The molecule has 2 N–H and O–H groups in total. The van der Waals surface area contributed by atoms with E-state index in [9.17, 15) is 9.59 Å². The van der Waals surface area contributed by atoms with Gasteiger partial charge in [-0.05, 0) is 64.1 Å². The Morgan fingerprint density at radius 1 is 1.22 bits per heavy atom. The number of aromatic nitrogens is 1. The topological polar surface area (TPSA) is 89.6 Å². The number of benzene rings is 1. The second-order valence-corrected chi connectivity index (χ2v) is 6.70. The van der Waals surface area contributed by atoms with Crippen molar-refractivity contribution in [2.45, 2.75) is 6.61 Å². The van der Waals surface area contributed by atoms with Gasteiger partial charge in [-0.25, -0.2) is 0 Å². The van der Waals surface area contributed by atoms with Gasteiger partial charge < -0.3 is 9.47 Å². The van der Waals surface area contributed by atoms with Crippen molar-refractivity contribution in [3.63, 3.8) is 0 Å². The minimum atomic E-state index is -0.561. The Hall–Kier alpha value is -2.78. The molecule has 0 bridgehead atoms. The molecular formula is C18H14BrN3O4S. The van der Waals surface area contributed by atoms with Crippen LogP contribution in [-0.4, -0.2) is 29.0 Å². The van der Waals surface area contributed by atoms with E-state index in [1.165, 1.54) is 13.2 Å². The molecule has 0 spiro atoms. The predicted octanol–water partition coefficient (Wildman–Crippen LogP) is 2.35. The molecule has 0 unspecified atom stereocenters. The molecule has 1 aromatic heterocycles. The molecule has 0 aliphatic carbocycles. The molecule has 1 fully saturated rings. The number of carbonyl (C=O) groups is 2. The Labute approximate surface area is 168 Å². The number of methoxy groups -OCH3 is 1. The molecule has 0 atom stereocenters. The summed E-state index contributed by atoms with van der Waals surface area (Å²) in [5.74, 6) is -0.188. The molecule has 138 valence electrons. The van der Waals surface area contributed by atoms with Crippen LogP contribution in [0.3, 0.4) is 0 Å². The van der Waals surface area contributed by atoms with E-state index in [1.807, 2.05) is 18.2 Å². The van der Waals surface area contributed by atoms with E-state index in [-0.39, 0.29) is 17.3 Å². The first kappa shape index (κ1) is 19.0. The fourth-order valence-corrected chi connectivity index (χ4v) is 3.13. The maximum Gasteiger partial charge on any atom is 0.263 e. The van der Waals surface area contributed by atoms with Gasteiger partial charge in [-0.15, -0.1) is 0 Å². The standard InChI is InChI=1S/C18H14BrN3O4S/c1-25-14-8-10(6-12-16(23)21-18(27)22-17(12)24)7-13(19)15(14)26-9-11-4-2-3-5-20-11/h2-8H,9H2,1H3,(H2,21,22,23,24,27). The highest BCUT2D eigenvalue weighted by molar-refractivity contribution is 9.10. The van der Waals surface area contributed by atoms with Gasteiger partial charge in [0.25, 0.3) is 11.8 Å². The number of hydrogen-bond acceptors (Lipinski definition) is 6. The first-order valence-electron chi connectivity index (χ1n) is 7.76. The fourth-order valence-electron chi connectivity index (χ4n) is 2.37. The minimum absolute atomic E-state index is 0.0146. The van der Waals surface area contributed by atoms with E-state index in [1.54, 1.807) is 18.3 Å². The van der Waals surface area contributed by atoms with E-state index in [2.05, 4.69) is 31.5 Å². The molecule has 3 rings (SSSR count). The van der Waals surface area contributed by atoms with Crippen LogP contribution in [0.4, 0.5) is 0 Å². The summed E-state index contributed by atoms with van der Waals surface area (Å²) in [6, 6.07) is 8.94. The number of pyridine rings is 1. The zero-order valence-corrected chi connectivity index (χ0v) is 16.5. The highest BCUT2D eigenvalue weighted by atomic mass is 79.9. The Morgan fingerprint density at radius 3 is 2.59 bits per heavy atom. The Balaban J connectivity index is 1.87. The largest absolute Gasteiger partial charge is 0.493 e. The number of nitrogens with zero attached hydrogens (tertiary/aromatic N) is 1. The van der Waals surface area contributed by atoms with E-state index in [0.29, 0.717) is 21.5 Å². The van der Waals surface area contributed by atoms with Crippen molar-refractivity contribution in [1.82, 2.24) is 15.6 Å². The summed E-state index contributed by atoms with van der Waals surface area (Å²) >= 11 is 8.22. The zero-order chi connectivity index (χ0) is 19.4. The lowest BCUT2D eigenvalue weighted by Crippen LogP contribution is -2.51. The summed E-state index contributed by atoms with van der Waals surface area (Å²) in [5, 5.41) is 4.77. The summed E-state index contributed by atoms with van der Waals surface area (Å²) < 4.78 is 11.8. The van der Waals surface area contributed by atoms with Crippen LogP contribution in [-0.2, 0) is 16.2 Å². The van der Waals surface area contributed by atoms with Crippen LogP contribution in [0.2, 0.25) is 0 Å². The first-order valence-corrected chi connectivity index (χ1v) is 8.96. The Kier molecular flexibility index (Phi) is 5.82. The van der Waals surface area contributed by atoms with Crippen LogP contribution < -0.4 is 20.1 Å². The molecule has 1 aliphatic heterocycles. The maximum absolute atomic E-state index is 12.0.